The van der Waals surface area contributed by atoms with Crippen LogP contribution < -0.4 is 4.74 Å². The lowest BCUT2D eigenvalue weighted by atomic mass is 9.84. The number of fused-ring (bicyclic) bond motifs is 1. The van der Waals surface area contributed by atoms with Crippen molar-refractivity contribution in [3.05, 3.63) is 81.0 Å². The Bertz CT molecular complexity index is 1440. The number of ketones is 1. The molecule has 3 aromatic rings. The number of nitrogens with zero attached hydrogens (tertiary/aromatic N) is 1. The van der Waals surface area contributed by atoms with Gasteiger partial charge in [-0.2, -0.15) is 4.31 Å². The predicted molar refractivity (Wildman–Crippen MR) is 148 cm³/mol. The Labute approximate surface area is 228 Å². The average Bonchev–Trinajstić information content (AvgIpc) is 3.32. The highest BCUT2D eigenvalue weighted by Gasteiger charge is 2.35. The summed E-state index contributed by atoms with van der Waals surface area (Å²) in [5, 5.41) is 9.88. The van der Waals surface area contributed by atoms with Gasteiger partial charge >= 0.3 is 5.97 Å². The van der Waals surface area contributed by atoms with Gasteiger partial charge in [-0.15, -0.1) is 11.3 Å². The number of para-hydroxylation sites is 1. The molecule has 0 spiro atoms. The lowest BCUT2D eigenvalue weighted by Crippen LogP contribution is -2.36. The molecule has 0 unspecified atom stereocenters. The van der Waals surface area contributed by atoms with Crippen LogP contribution in [-0.2, 0) is 21.4 Å². The SMILES string of the molecule is CCC[C@@H]1CN(Cc2cc([C@@H](c3ccc(C(C)=O)s3)[C@H](C)C(=O)O)ccc2C)S(=O)(=O)c2ccccc2O1. The van der Waals surface area contributed by atoms with Gasteiger partial charge in [0.05, 0.1) is 17.3 Å². The Balaban J connectivity index is 1.75. The molecule has 0 bridgehead atoms. The molecule has 1 N–H and O–H groups in total. The first kappa shape index (κ1) is 28.0. The van der Waals surface area contributed by atoms with Gasteiger partial charge in [0.1, 0.15) is 16.7 Å². The number of hydrogen-bond donors (Lipinski definition) is 1. The Morgan fingerprint density at radius 1 is 1.16 bits per heavy atom. The number of hydrogen-bond acceptors (Lipinski definition) is 6. The first-order valence-electron chi connectivity index (χ1n) is 12.7. The Morgan fingerprint density at radius 3 is 2.55 bits per heavy atom. The fourth-order valence-corrected chi connectivity index (χ4v) is 7.57. The smallest absolute Gasteiger partial charge is 0.307 e. The van der Waals surface area contributed by atoms with E-state index in [0.29, 0.717) is 17.0 Å². The maximum Gasteiger partial charge on any atom is 0.307 e. The van der Waals surface area contributed by atoms with E-state index in [2.05, 4.69) is 0 Å². The second kappa shape index (κ2) is 11.4. The summed E-state index contributed by atoms with van der Waals surface area (Å²) in [6.45, 7) is 7.46. The number of ether oxygens (including phenoxy) is 1. The summed E-state index contributed by atoms with van der Waals surface area (Å²) in [5.74, 6) is -1.87. The molecule has 0 aliphatic carbocycles. The Hall–Kier alpha value is -3.01. The normalized spacial score (nSPS) is 18.6. The van der Waals surface area contributed by atoms with Crippen LogP contribution in [0.15, 0.2) is 59.5 Å². The molecular weight excluding hydrogens is 522 g/mol. The van der Waals surface area contributed by atoms with Crippen LogP contribution in [0.3, 0.4) is 0 Å². The quantitative estimate of drug-likeness (QED) is 0.332. The lowest BCUT2D eigenvalue weighted by molar-refractivity contribution is -0.141. The molecule has 3 atom stereocenters. The van der Waals surface area contributed by atoms with Crippen LogP contribution in [0.4, 0.5) is 0 Å². The fourth-order valence-electron chi connectivity index (χ4n) is 4.86. The number of carbonyl (C=O) groups excluding carboxylic acids is 1. The van der Waals surface area contributed by atoms with Crippen LogP contribution in [0, 0.1) is 12.8 Å². The molecule has 0 saturated carbocycles. The van der Waals surface area contributed by atoms with Crippen LogP contribution in [0.25, 0.3) is 0 Å². The van der Waals surface area contributed by atoms with E-state index in [1.54, 1.807) is 37.3 Å². The van der Waals surface area contributed by atoms with E-state index in [4.69, 9.17) is 4.74 Å². The summed E-state index contributed by atoms with van der Waals surface area (Å²) in [5.41, 5.74) is 2.48. The monoisotopic (exact) mass is 555 g/mol. The maximum absolute atomic E-state index is 13.7. The van der Waals surface area contributed by atoms with Crippen molar-refractivity contribution in [1.82, 2.24) is 4.31 Å². The summed E-state index contributed by atoms with van der Waals surface area (Å²) in [7, 11) is -3.83. The molecule has 2 aromatic carbocycles. The van der Waals surface area contributed by atoms with Gasteiger partial charge < -0.3 is 9.84 Å². The molecule has 1 aliphatic rings. The Morgan fingerprint density at radius 2 is 1.89 bits per heavy atom. The third-order valence-electron chi connectivity index (χ3n) is 7.03. The lowest BCUT2D eigenvalue weighted by Gasteiger charge is -2.25. The summed E-state index contributed by atoms with van der Waals surface area (Å²) < 4.78 is 35.1. The number of Topliss-reactive ketones (excluding diaryl/α,β-unsaturated/α-hetero) is 1. The van der Waals surface area contributed by atoms with E-state index in [9.17, 15) is 23.1 Å². The zero-order valence-electron chi connectivity index (χ0n) is 22.0. The molecule has 4 rings (SSSR count). The van der Waals surface area contributed by atoms with Crippen molar-refractivity contribution in [1.29, 1.82) is 0 Å². The number of benzene rings is 2. The van der Waals surface area contributed by atoms with Crippen LogP contribution >= 0.6 is 11.3 Å². The third-order valence-corrected chi connectivity index (χ3v) is 10.1. The number of carbonyl (C=O) groups is 2. The van der Waals surface area contributed by atoms with Gasteiger partial charge in [0.15, 0.2) is 5.78 Å². The molecule has 0 saturated heterocycles. The second-order valence-electron chi connectivity index (χ2n) is 9.82. The number of sulfonamides is 1. The van der Waals surface area contributed by atoms with Crippen molar-refractivity contribution in [2.75, 3.05) is 6.54 Å². The van der Waals surface area contributed by atoms with Crippen LogP contribution in [0.5, 0.6) is 5.75 Å². The molecular formula is C29H33NO6S2. The predicted octanol–water partition coefficient (Wildman–Crippen LogP) is 5.86. The second-order valence-corrected chi connectivity index (χ2v) is 12.8. The van der Waals surface area contributed by atoms with Crippen molar-refractivity contribution >= 4 is 33.1 Å². The third kappa shape index (κ3) is 5.70. The van der Waals surface area contributed by atoms with E-state index >= 15 is 0 Å². The number of aliphatic carboxylic acids is 1. The molecule has 1 aliphatic heterocycles. The highest BCUT2D eigenvalue weighted by molar-refractivity contribution is 7.89. The number of rotatable bonds is 9. The van der Waals surface area contributed by atoms with E-state index in [0.717, 1.165) is 28.0 Å². The first-order valence-corrected chi connectivity index (χ1v) is 15.0. The summed E-state index contributed by atoms with van der Waals surface area (Å²) in [6.07, 6.45) is 1.29. The number of thiophene rings is 1. The Kier molecular flexibility index (Phi) is 8.40. The molecule has 7 nitrogen and oxygen atoms in total. The fraction of sp³-hybridized carbons (Fsp3) is 0.379. The van der Waals surface area contributed by atoms with Gasteiger partial charge in [-0.05, 0) is 61.2 Å². The first-order chi connectivity index (χ1) is 18.0. The molecule has 0 radical (unpaired) electrons. The molecule has 9 heteroatoms. The van der Waals surface area contributed by atoms with Gasteiger partial charge in [-0.1, -0.05) is 50.6 Å². The maximum atomic E-state index is 13.7. The highest BCUT2D eigenvalue weighted by Crippen LogP contribution is 2.38. The summed E-state index contributed by atoms with van der Waals surface area (Å²) >= 11 is 1.30. The highest BCUT2D eigenvalue weighted by atomic mass is 32.2. The minimum Gasteiger partial charge on any atom is -0.488 e. The van der Waals surface area contributed by atoms with Gasteiger partial charge in [-0.3, -0.25) is 9.59 Å². The zero-order chi connectivity index (χ0) is 27.6. The van der Waals surface area contributed by atoms with Crippen molar-refractivity contribution in [2.45, 2.75) is 64.0 Å². The molecule has 2 heterocycles. The number of carboxylic acids is 1. The van der Waals surface area contributed by atoms with E-state index < -0.39 is 27.8 Å². The van der Waals surface area contributed by atoms with E-state index in [1.165, 1.54) is 22.6 Å². The minimum atomic E-state index is -3.83. The van der Waals surface area contributed by atoms with Crippen molar-refractivity contribution in [2.24, 2.45) is 5.92 Å². The van der Waals surface area contributed by atoms with E-state index in [1.807, 2.05) is 38.1 Å². The van der Waals surface area contributed by atoms with Crippen molar-refractivity contribution in [3.63, 3.8) is 0 Å². The van der Waals surface area contributed by atoms with Gasteiger partial charge in [0.2, 0.25) is 10.0 Å². The van der Waals surface area contributed by atoms with Gasteiger partial charge in [-0.25, -0.2) is 8.42 Å². The molecule has 0 amide bonds. The van der Waals surface area contributed by atoms with E-state index in [-0.39, 0.29) is 29.9 Å². The zero-order valence-corrected chi connectivity index (χ0v) is 23.6. The molecule has 0 fully saturated rings. The standard InChI is InChI=1S/C29H33NO6S2/c1-5-8-23-17-30(38(34,35)27-10-7-6-9-24(27)36-23)16-22-15-21(12-11-18(22)2)28(19(3)29(32)33)26-14-13-25(37-26)20(4)31/h6-7,9-15,19,23,28H,5,8,16-17H2,1-4H3,(H,32,33)/t19-,23+,28-/m0/s1. The van der Waals surface area contributed by atoms with Crippen LogP contribution in [0.2, 0.25) is 0 Å². The number of carboxylic acid groups (broad SMARTS) is 1. The average molecular weight is 556 g/mol. The minimum absolute atomic E-state index is 0.0666. The van der Waals surface area contributed by atoms with Gasteiger partial charge in [0.25, 0.3) is 0 Å². The summed E-state index contributed by atoms with van der Waals surface area (Å²) in [6, 6.07) is 16.0. The van der Waals surface area contributed by atoms with Crippen molar-refractivity contribution in [3.8, 4) is 5.75 Å². The summed E-state index contributed by atoms with van der Waals surface area (Å²) in [4.78, 5) is 25.5. The van der Waals surface area contributed by atoms with Crippen LogP contribution in [-0.4, -0.2) is 42.2 Å². The molecule has 202 valence electrons. The van der Waals surface area contributed by atoms with Crippen LogP contribution in [0.1, 0.15) is 70.8 Å². The van der Waals surface area contributed by atoms with Crippen molar-refractivity contribution < 1.29 is 27.9 Å². The molecule has 1 aromatic heterocycles. The van der Waals surface area contributed by atoms with Gasteiger partial charge in [0, 0.05) is 17.3 Å². The molecule has 38 heavy (non-hydrogen) atoms. The number of aryl methyl sites for hydroxylation is 1. The topological polar surface area (TPSA) is 101 Å². The largest absolute Gasteiger partial charge is 0.488 e.